The van der Waals surface area contributed by atoms with Crippen molar-refractivity contribution in [3.8, 4) is 0 Å². The molecule has 1 amide bonds. The van der Waals surface area contributed by atoms with E-state index in [0.29, 0.717) is 12.1 Å². The molecule has 0 atom stereocenters. The first-order valence-corrected chi connectivity index (χ1v) is 6.65. The summed E-state index contributed by atoms with van der Waals surface area (Å²) < 4.78 is 0.210. The summed E-state index contributed by atoms with van der Waals surface area (Å²) in [6, 6.07) is 7.17. The molecule has 0 unspecified atom stereocenters. The Balaban J connectivity index is 2.32. The Kier molecular flexibility index (Phi) is 4.87. The minimum atomic E-state index is 0.0477. The second kappa shape index (κ2) is 5.96. The van der Waals surface area contributed by atoms with E-state index in [9.17, 15) is 4.79 Å². The van der Waals surface area contributed by atoms with Crippen LogP contribution in [0.25, 0.3) is 0 Å². The summed E-state index contributed by atoms with van der Waals surface area (Å²) in [4.78, 5) is 11.6. The predicted octanol–water partition coefficient (Wildman–Crippen LogP) is 3.13. The van der Waals surface area contributed by atoms with Crippen molar-refractivity contribution in [1.29, 1.82) is 0 Å². The maximum atomic E-state index is 11.6. The number of benzene rings is 1. The molecule has 4 heteroatoms. The predicted molar refractivity (Wildman–Crippen MR) is 76.3 cm³/mol. The van der Waals surface area contributed by atoms with Gasteiger partial charge in [-0.3, -0.25) is 4.79 Å². The maximum Gasteiger partial charge on any atom is 0.225 e. The molecule has 0 fully saturated rings. The van der Waals surface area contributed by atoms with Gasteiger partial charge in [-0.15, -0.1) is 0 Å². The van der Waals surface area contributed by atoms with E-state index in [-0.39, 0.29) is 10.7 Å². The third-order valence-electron chi connectivity index (χ3n) is 2.06. The molecule has 1 aromatic carbocycles. The summed E-state index contributed by atoms with van der Waals surface area (Å²) in [6.45, 7) is 6.45. The molecule has 17 heavy (non-hydrogen) atoms. The summed E-state index contributed by atoms with van der Waals surface area (Å²) in [7, 11) is 0. The average Bonchev–Trinajstić information content (AvgIpc) is 2.19. The van der Waals surface area contributed by atoms with Crippen LogP contribution in [0, 0.1) is 0 Å². The first-order chi connectivity index (χ1) is 7.87. The van der Waals surface area contributed by atoms with Gasteiger partial charge in [-0.2, -0.15) is 11.8 Å². The van der Waals surface area contributed by atoms with Crippen molar-refractivity contribution in [2.45, 2.75) is 31.9 Å². The van der Waals surface area contributed by atoms with Gasteiger partial charge in [0.25, 0.3) is 0 Å². The summed E-state index contributed by atoms with van der Waals surface area (Å²) in [5.74, 6) is 0.885. The summed E-state index contributed by atoms with van der Waals surface area (Å²) >= 11 is 1.79. The molecule has 0 heterocycles. The minimum absolute atomic E-state index is 0.0477. The minimum Gasteiger partial charge on any atom is -0.399 e. The number of rotatable bonds is 4. The molecular weight excluding hydrogens is 232 g/mol. The van der Waals surface area contributed by atoms with Gasteiger partial charge in [-0.05, 0) is 24.3 Å². The number of hydrogen-bond donors (Lipinski definition) is 2. The fourth-order valence-electron chi connectivity index (χ4n) is 1.24. The van der Waals surface area contributed by atoms with Crippen LogP contribution in [0.15, 0.2) is 24.3 Å². The van der Waals surface area contributed by atoms with E-state index >= 15 is 0 Å². The van der Waals surface area contributed by atoms with Crippen molar-refractivity contribution in [2.75, 3.05) is 16.8 Å². The van der Waals surface area contributed by atoms with E-state index in [1.54, 1.807) is 23.9 Å². The number of carbonyl (C=O) groups excluding carboxylic acids is 1. The highest BCUT2D eigenvalue weighted by Crippen LogP contribution is 2.23. The highest BCUT2D eigenvalue weighted by atomic mass is 32.2. The van der Waals surface area contributed by atoms with Crippen molar-refractivity contribution in [3.63, 3.8) is 0 Å². The fourth-order valence-corrected chi connectivity index (χ4v) is 2.14. The zero-order valence-electron chi connectivity index (χ0n) is 10.6. The van der Waals surface area contributed by atoms with Crippen LogP contribution < -0.4 is 11.1 Å². The topological polar surface area (TPSA) is 55.1 Å². The Morgan fingerprint density at radius 3 is 2.41 bits per heavy atom. The van der Waals surface area contributed by atoms with Crippen molar-refractivity contribution >= 4 is 29.0 Å². The molecule has 1 rings (SSSR count). The fraction of sp³-hybridized carbons (Fsp3) is 0.462. The molecule has 0 aromatic heterocycles. The van der Waals surface area contributed by atoms with E-state index in [2.05, 4.69) is 26.1 Å². The zero-order chi connectivity index (χ0) is 12.9. The van der Waals surface area contributed by atoms with Gasteiger partial charge in [0.2, 0.25) is 5.91 Å². The molecule has 0 saturated carbocycles. The van der Waals surface area contributed by atoms with Gasteiger partial charge in [0.15, 0.2) is 0 Å². The number of nitrogens with one attached hydrogen (secondary N) is 1. The lowest BCUT2D eigenvalue weighted by atomic mass is 10.3. The van der Waals surface area contributed by atoms with Gasteiger partial charge in [-0.25, -0.2) is 0 Å². The average molecular weight is 252 g/mol. The Morgan fingerprint density at radius 1 is 1.29 bits per heavy atom. The zero-order valence-corrected chi connectivity index (χ0v) is 11.4. The lowest BCUT2D eigenvalue weighted by molar-refractivity contribution is -0.115. The van der Waals surface area contributed by atoms with Gasteiger partial charge in [0.1, 0.15) is 0 Å². The molecule has 0 radical (unpaired) electrons. The smallest absolute Gasteiger partial charge is 0.225 e. The van der Waals surface area contributed by atoms with E-state index in [1.165, 1.54) is 0 Å². The quantitative estimate of drug-likeness (QED) is 0.809. The van der Waals surface area contributed by atoms with Crippen LogP contribution in [0.2, 0.25) is 0 Å². The van der Waals surface area contributed by atoms with E-state index in [4.69, 9.17) is 5.73 Å². The molecule has 94 valence electrons. The first-order valence-electron chi connectivity index (χ1n) is 5.66. The normalized spacial score (nSPS) is 11.2. The SMILES string of the molecule is CC(C)(C)SCCC(=O)Nc1ccc(N)cc1. The molecule has 0 spiro atoms. The Bertz CT molecular complexity index is 368. The highest BCUT2D eigenvalue weighted by Gasteiger charge is 2.11. The number of nitrogens with two attached hydrogens (primary N) is 1. The Hall–Kier alpha value is -1.16. The van der Waals surface area contributed by atoms with Gasteiger partial charge in [0.05, 0.1) is 0 Å². The van der Waals surface area contributed by atoms with E-state index < -0.39 is 0 Å². The number of hydrogen-bond acceptors (Lipinski definition) is 3. The molecule has 3 nitrogen and oxygen atoms in total. The third-order valence-corrected chi connectivity index (χ3v) is 3.33. The van der Waals surface area contributed by atoms with Gasteiger partial charge < -0.3 is 11.1 Å². The molecule has 0 saturated heterocycles. The van der Waals surface area contributed by atoms with Crippen LogP contribution >= 0.6 is 11.8 Å². The number of carbonyl (C=O) groups is 1. The summed E-state index contributed by atoms with van der Waals surface area (Å²) in [5, 5.41) is 2.85. The second-order valence-corrected chi connectivity index (χ2v) is 6.80. The van der Waals surface area contributed by atoms with Gasteiger partial charge in [-0.1, -0.05) is 20.8 Å². The third kappa shape index (κ3) is 6.22. The van der Waals surface area contributed by atoms with Crippen molar-refractivity contribution in [1.82, 2.24) is 0 Å². The van der Waals surface area contributed by atoms with Crippen LogP contribution in [0.4, 0.5) is 11.4 Å². The van der Waals surface area contributed by atoms with Crippen LogP contribution in [0.3, 0.4) is 0 Å². The molecule has 3 N–H and O–H groups in total. The number of anilines is 2. The van der Waals surface area contributed by atoms with E-state index in [1.807, 2.05) is 12.1 Å². The van der Waals surface area contributed by atoms with Crippen LogP contribution in [0.1, 0.15) is 27.2 Å². The van der Waals surface area contributed by atoms with Gasteiger partial charge >= 0.3 is 0 Å². The van der Waals surface area contributed by atoms with Crippen LogP contribution in [-0.2, 0) is 4.79 Å². The molecule has 0 aliphatic heterocycles. The maximum absolute atomic E-state index is 11.6. The molecule has 0 aliphatic rings. The number of amides is 1. The first kappa shape index (κ1) is 13.9. The van der Waals surface area contributed by atoms with Crippen LogP contribution in [-0.4, -0.2) is 16.4 Å². The number of thioether (sulfide) groups is 1. The monoisotopic (exact) mass is 252 g/mol. The summed E-state index contributed by atoms with van der Waals surface area (Å²) in [6.07, 6.45) is 0.534. The molecule has 0 aliphatic carbocycles. The lowest BCUT2D eigenvalue weighted by Gasteiger charge is -2.17. The second-order valence-electron chi connectivity index (χ2n) is 4.88. The Morgan fingerprint density at radius 2 is 1.88 bits per heavy atom. The van der Waals surface area contributed by atoms with Crippen molar-refractivity contribution in [3.05, 3.63) is 24.3 Å². The van der Waals surface area contributed by atoms with Crippen molar-refractivity contribution < 1.29 is 4.79 Å². The number of nitrogen functional groups attached to an aromatic ring is 1. The molecular formula is C13H20N2OS. The van der Waals surface area contributed by atoms with Gasteiger partial charge in [0, 0.05) is 28.3 Å². The standard InChI is InChI=1S/C13H20N2OS/c1-13(2,3)17-9-8-12(16)15-11-6-4-10(14)5-7-11/h4-7H,8-9,14H2,1-3H3,(H,15,16). The largest absolute Gasteiger partial charge is 0.399 e. The molecule has 0 bridgehead atoms. The van der Waals surface area contributed by atoms with Crippen molar-refractivity contribution in [2.24, 2.45) is 0 Å². The highest BCUT2D eigenvalue weighted by molar-refractivity contribution is 8.00. The molecule has 1 aromatic rings. The summed E-state index contributed by atoms with van der Waals surface area (Å²) in [5.41, 5.74) is 7.07. The Labute approximate surface area is 107 Å². The lowest BCUT2D eigenvalue weighted by Crippen LogP contribution is -2.15. The van der Waals surface area contributed by atoms with Crippen LogP contribution in [0.5, 0.6) is 0 Å². The van der Waals surface area contributed by atoms with E-state index in [0.717, 1.165) is 11.4 Å².